The predicted octanol–water partition coefficient (Wildman–Crippen LogP) is 3.66. The number of likely N-dealkylation sites (tertiary alicyclic amines) is 1. The molecule has 0 unspecified atom stereocenters. The lowest BCUT2D eigenvalue weighted by molar-refractivity contribution is -0.127. The topological polar surface area (TPSA) is 62.3 Å². The van der Waals surface area contributed by atoms with E-state index in [1.54, 1.807) is 12.1 Å². The minimum atomic E-state index is -0.242. The smallest absolute Gasteiger partial charge is 0.246 e. The van der Waals surface area contributed by atoms with Crippen LogP contribution in [0.3, 0.4) is 0 Å². The fourth-order valence-corrected chi connectivity index (χ4v) is 4.42. The second kappa shape index (κ2) is 14.1. The predicted molar refractivity (Wildman–Crippen MR) is 137 cm³/mol. The molecular weight excluding hydrogens is 430 g/mol. The summed E-state index contributed by atoms with van der Waals surface area (Å²) in [5.41, 5.74) is 1.39. The maximum absolute atomic E-state index is 12.9. The van der Waals surface area contributed by atoms with Crippen molar-refractivity contribution in [1.82, 2.24) is 14.7 Å². The minimum absolute atomic E-state index is 0.113. The van der Waals surface area contributed by atoms with Crippen LogP contribution in [0.5, 0.6) is 11.5 Å². The Morgan fingerprint density at radius 2 is 1.71 bits per heavy atom. The van der Waals surface area contributed by atoms with Crippen LogP contribution in [0.2, 0.25) is 0 Å². The van der Waals surface area contributed by atoms with Crippen molar-refractivity contribution in [3.63, 3.8) is 0 Å². The molecular formula is C27H43N3O4. The Morgan fingerprint density at radius 3 is 2.26 bits per heavy atom. The molecule has 7 heteroatoms. The Labute approximate surface area is 205 Å². The first-order valence-corrected chi connectivity index (χ1v) is 12.7. The third-order valence-electron chi connectivity index (χ3n) is 6.77. The van der Waals surface area contributed by atoms with E-state index < -0.39 is 0 Å². The summed E-state index contributed by atoms with van der Waals surface area (Å²) in [6.45, 7) is 14.6. The van der Waals surface area contributed by atoms with E-state index in [2.05, 4.69) is 30.7 Å². The van der Waals surface area contributed by atoms with Crippen LogP contribution >= 0.6 is 0 Å². The van der Waals surface area contributed by atoms with Gasteiger partial charge in [0.05, 0.1) is 19.3 Å². The number of carbonyl (C=O) groups is 2. The van der Waals surface area contributed by atoms with E-state index in [-0.39, 0.29) is 11.7 Å². The van der Waals surface area contributed by atoms with E-state index in [9.17, 15) is 9.59 Å². The van der Waals surface area contributed by atoms with Crippen molar-refractivity contribution in [3.8, 4) is 11.5 Å². The minimum Gasteiger partial charge on any atom is -0.496 e. The van der Waals surface area contributed by atoms with Gasteiger partial charge in [0.2, 0.25) is 5.91 Å². The van der Waals surface area contributed by atoms with Crippen LogP contribution in [-0.2, 0) is 11.2 Å². The number of hydrogen-bond acceptors (Lipinski definition) is 6. The number of carbonyl (C=O) groups excluding carboxylic acids is 2. The van der Waals surface area contributed by atoms with E-state index in [1.165, 1.54) is 19.3 Å². The van der Waals surface area contributed by atoms with Crippen LogP contribution in [0, 0.1) is 0 Å². The summed E-state index contributed by atoms with van der Waals surface area (Å²) in [6, 6.07) is 4.05. The van der Waals surface area contributed by atoms with Crippen molar-refractivity contribution in [2.45, 2.75) is 53.0 Å². The lowest BCUT2D eigenvalue weighted by Crippen LogP contribution is -2.46. The Bertz CT molecular complexity index is 827. The average Bonchev–Trinajstić information content (AvgIpc) is 2.87. The number of aryl methyl sites for hydroxylation is 1. The van der Waals surface area contributed by atoms with Gasteiger partial charge in [-0.3, -0.25) is 9.59 Å². The number of benzene rings is 1. The Morgan fingerprint density at radius 1 is 1.03 bits per heavy atom. The number of likely N-dealkylation sites (N-methyl/N-ethyl adjacent to an activating group) is 2. The third kappa shape index (κ3) is 7.57. The molecule has 1 fully saturated rings. The normalized spacial score (nSPS) is 14.9. The van der Waals surface area contributed by atoms with Gasteiger partial charge in [-0.1, -0.05) is 20.8 Å². The quantitative estimate of drug-likeness (QED) is 0.322. The molecule has 34 heavy (non-hydrogen) atoms. The highest BCUT2D eigenvalue weighted by Gasteiger charge is 2.24. The van der Waals surface area contributed by atoms with E-state index in [0.717, 1.165) is 56.8 Å². The SMILES string of the molecule is CCOc1cc(OC)c(C(=O)C=CC(=O)N2CCC(N(C)CCN(CC)CC)CC2)cc1CC. The molecule has 1 aliphatic heterocycles. The third-order valence-corrected chi connectivity index (χ3v) is 6.77. The second-order valence-corrected chi connectivity index (χ2v) is 8.71. The van der Waals surface area contributed by atoms with Gasteiger partial charge in [-0.25, -0.2) is 0 Å². The largest absolute Gasteiger partial charge is 0.496 e. The Balaban J connectivity index is 1.95. The highest BCUT2D eigenvalue weighted by Crippen LogP contribution is 2.30. The van der Waals surface area contributed by atoms with E-state index >= 15 is 0 Å². The summed E-state index contributed by atoms with van der Waals surface area (Å²) < 4.78 is 11.1. The summed E-state index contributed by atoms with van der Waals surface area (Å²) in [6.07, 6.45) is 5.40. The number of amides is 1. The van der Waals surface area contributed by atoms with Gasteiger partial charge in [0, 0.05) is 44.4 Å². The molecule has 1 amide bonds. The second-order valence-electron chi connectivity index (χ2n) is 8.71. The summed E-state index contributed by atoms with van der Waals surface area (Å²) in [5, 5.41) is 0. The number of piperidine rings is 1. The van der Waals surface area contributed by atoms with Gasteiger partial charge < -0.3 is 24.2 Å². The first-order valence-electron chi connectivity index (χ1n) is 12.7. The van der Waals surface area contributed by atoms with Gasteiger partial charge >= 0.3 is 0 Å². The number of ketones is 1. The van der Waals surface area contributed by atoms with Crippen molar-refractivity contribution in [2.75, 3.05) is 60.0 Å². The van der Waals surface area contributed by atoms with Crippen molar-refractivity contribution in [2.24, 2.45) is 0 Å². The fourth-order valence-electron chi connectivity index (χ4n) is 4.42. The zero-order chi connectivity index (χ0) is 25.1. The van der Waals surface area contributed by atoms with Gasteiger partial charge in [-0.15, -0.1) is 0 Å². The van der Waals surface area contributed by atoms with Crippen LogP contribution in [0.15, 0.2) is 24.3 Å². The van der Waals surface area contributed by atoms with Gasteiger partial charge in [-0.05, 0) is 64.0 Å². The number of methoxy groups -OCH3 is 1. The average molecular weight is 474 g/mol. The van der Waals surface area contributed by atoms with Gasteiger partial charge in [0.1, 0.15) is 11.5 Å². The van der Waals surface area contributed by atoms with Crippen LogP contribution < -0.4 is 9.47 Å². The number of ether oxygens (including phenoxy) is 2. The number of allylic oxidation sites excluding steroid dienone is 1. The van der Waals surface area contributed by atoms with E-state index in [0.29, 0.717) is 37.1 Å². The number of hydrogen-bond donors (Lipinski definition) is 0. The molecule has 190 valence electrons. The molecule has 2 rings (SSSR count). The lowest BCUT2D eigenvalue weighted by atomic mass is 10.0. The van der Waals surface area contributed by atoms with Crippen LogP contribution in [0.4, 0.5) is 0 Å². The maximum Gasteiger partial charge on any atom is 0.246 e. The monoisotopic (exact) mass is 473 g/mol. The summed E-state index contributed by atoms with van der Waals surface area (Å²) >= 11 is 0. The molecule has 0 spiro atoms. The molecule has 1 aromatic rings. The zero-order valence-corrected chi connectivity index (χ0v) is 21.9. The molecule has 0 saturated carbocycles. The van der Waals surface area contributed by atoms with E-state index in [1.807, 2.05) is 18.7 Å². The Kier molecular flexibility index (Phi) is 11.6. The van der Waals surface area contributed by atoms with Crippen molar-refractivity contribution in [1.29, 1.82) is 0 Å². The molecule has 0 radical (unpaired) electrons. The molecule has 0 bridgehead atoms. The maximum atomic E-state index is 12.9. The number of rotatable bonds is 13. The highest BCUT2D eigenvalue weighted by molar-refractivity contribution is 6.09. The summed E-state index contributed by atoms with van der Waals surface area (Å²) in [5.74, 6) is 0.826. The van der Waals surface area contributed by atoms with Gasteiger partial charge in [0.25, 0.3) is 0 Å². The molecule has 7 nitrogen and oxygen atoms in total. The fraction of sp³-hybridized carbons (Fsp3) is 0.630. The van der Waals surface area contributed by atoms with Crippen LogP contribution in [0.1, 0.15) is 56.5 Å². The van der Waals surface area contributed by atoms with Crippen molar-refractivity contribution in [3.05, 3.63) is 35.4 Å². The Hall–Kier alpha value is -2.38. The van der Waals surface area contributed by atoms with Crippen LogP contribution in [-0.4, -0.2) is 92.5 Å². The molecule has 1 saturated heterocycles. The van der Waals surface area contributed by atoms with Crippen LogP contribution in [0.25, 0.3) is 0 Å². The molecule has 1 aromatic carbocycles. The standard InChI is InChI=1S/C27H43N3O4/c1-7-21-19-23(26(33-6)20-25(21)34-10-4)24(31)11-12-27(32)30-15-13-22(14-16-30)28(5)17-18-29(8-2)9-3/h11-12,19-20,22H,7-10,13-18H2,1-6H3. The van der Waals surface area contributed by atoms with Crippen molar-refractivity contribution < 1.29 is 19.1 Å². The molecule has 0 atom stereocenters. The summed E-state index contributed by atoms with van der Waals surface area (Å²) in [4.78, 5) is 32.3. The molecule has 1 heterocycles. The molecule has 0 aliphatic carbocycles. The summed E-state index contributed by atoms with van der Waals surface area (Å²) in [7, 11) is 3.71. The molecule has 1 aliphatic rings. The van der Waals surface area contributed by atoms with Gasteiger partial charge in [0.15, 0.2) is 5.78 Å². The first-order chi connectivity index (χ1) is 16.4. The van der Waals surface area contributed by atoms with E-state index in [4.69, 9.17) is 9.47 Å². The van der Waals surface area contributed by atoms with Crippen molar-refractivity contribution >= 4 is 11.7 Å². The number of nitrogens with zero attached hydrogens (tertiary/aromatic N) is 3. The molecule has 0 aromatic heterocycles. The first kappa shape index (κ1) is 27.9. The highest BCUT2D eigenvalue weighted by atomic mass is 16.5. The lowest BCUT2D eigenvalue weighted by Gasteiger charge is -2.37. The zero-order valence-electron chi connectivity index (χ0n) is 21.9. The molecule has 0 N–H and O–H groups in total. The van der Waals surface area contributed by atoms with Gasteiger partial charge in [-0.2, -0.15) is 0 Å².